The van der Waals surface area contributed by atoms with Crippen molar-refractivity contribution >= 4 is 11.9 Å². The first-order chi connectivity index (χ1) is 11.2. The van der Waals surface area contributed by atoms with Crippen LogP contribution in [0.5, 0.6) is 0 Å². The molecule has 1 aliphatic rings. The molecule has 2 rings (SSSR count). The number of likely N-dealkylation sites (tertiary alicyclic amines) is 1. The standard InChI is InChI=1S/C17H21F2NO4/c1-4-24-15(22)9-20-13(8-14(21)17(2,3)16(20)23)10-5-11(18)7-12(19)6-10/h5-7,13-14,21H,4,8-9H2,1-3H3. The van der Waals surface area contributed by atoms with Gasteiger partial charge in [-0.25, -0.2) is 8.78 Å². The van der Waals surface area contributed by atoms with E-state index in [0.717, 1.165) is 18.2 Å². The molecule has 7 heteroatoms. The van der Waals surface area contributed by atoms with Crippen LogP contribution in [0.3, 0.4) is 0 Å². The average Bonchev–Trinajstić information content (AvgIpc) is 2.47. The third-order valence-corrected chi connectivity index (χ3v) is 4.34. The SMILES string of the molecule is CCOC(=O)CN1C(=O)C(C)(C)C(O)CC1c1cc(F)cc(F)c1. The number of hydrogen-bond acceptors (Lipinski definition) is 4. The number of amides is 1. The second kappa shape index (κ2) is 6.84. The highest BCUT2D eigenvalue weighted by Gasteiger charge is 2.48. The zero-order valence-electron chi connectivity index (χ0n) is 13.9. The van der Waals surface area contributed by atoms with Gasteiger partial charge < -0.3 is 14.7 Å². The molecule has 1 saturated heterocycles. The lowest BCUT2D eigenvalue weighted by Gasteiger charge is -2.45. The molecule has 0 radical (unpaired) electrons. The number of halogens is 2. The second-order valence-corrected chi connectivity index (χ2v) is 6.43. The Morgan fingerprint density at radius 3 is 2.46 bits per heavy atom. The van der Waals surface area contributed by atoms with Gasteiger partial charge in [-0.05, 0) is 44.9 Å². The molecule has 0 bridgehead atoms. The Morgan fingerprint density at radius 2 is 1.92 bits per heavy atom. The van der Waals surface area contributed by atoms with Crippen molar-refractivity contribution < 1.29 is 28.2 Å². The third kappa shape index (κ3) is 3.56. The maximum Gasteiger partial charge on any atom is 0.325 e. The van der Waals surface area contributed by atoms with Crippen LogP contribution in [-0.2, 0) is 14.3 Å². The highest BCUT2D eigenvalue weighted by atomic mass is 19.1. The van der Waals surface area contributed by atoms with Gasteiger partial charge in [0.2, 0.25) is 5.91 Å². The fourth-order valence-corrected chi connectivity index (χ4v) is 2.90. The number of esters is 1. The summed E-state index contributed by atoms with van der Waals surface area (Å²) >= 11 is 0. The number of aliphatic hydroxyl groups excluding tert-OH is 1. The van der Waals surface area contributed by atoms with E-state index in [1.165, 1.54) is 4.90 Å². The molecule has 1 amide bonds. The van der Waals surface area contributed by atoms with Crippen molar-refractivity contribution in [3.63, 3.8) is 0 Å². The molecule has 0 aromatic heterocycles. The molecular formula is C17H21F2NO4. The van der Waals surface area contributed by atoms with Gasteiger partial charge in [-0.2, -0.15) is 0 Å². The minimum absolute atomic E-state index is 0.0705. The van der Waals surface area contributed by atoms with Crippen LogP contribution >= 0.6 is 0 Å². The number of hydrogen-bond donors (Lipinski definition) is 1. The zero-order valence-corrected chi connectivity index (χ0v) is 13.9. The highest BCUT2D eigenvalue weighted by Crippen LogP contribution is 2.40. The summed E-state index contributed by atoms with van der Waals surface area (Å²) in [4.78, 5) is 25.8. The van der Waals surface area contributed by atoms with Crippen LogP contribution in [0.1, 0.15) is 38.8 Å². The minimum atomic E-state index is -1.10. The Kier molecular flexibility index (Phi) is 5.22. The first-order valence-electron chi connectivity index (χ1n) is 7.77. The summed E-state index contributed by atoms with van der Waals surface area (Å²) in [5.74, 6) is -2.65. The monoisotopic (exact) mass is 341 g/mol. The predicted octanol–water partition coefficient (Wildman–Crippen LogP) is 2.19. The van der Waals surface area contributed by atoms with E-state index < -0.39 is 41.1 Å². The number of nitrogens with zero attached hydrogens (tertiary/aromatic N) is 1. The van der Waals surface area contributed by atoms with Crippen molar-refractivity contribution in [2.24, 2.45) is 5.41 Å². The minimum Gasteiger partial charge on any atom is -0.465 e. The van der Waals surface area contributed by atoms with Gasteiger partial charge >= 0.3 is 5.97 Å². The predicted molar refractivity (Wildman–Crippen MR) is 81.8 cm³/mol. The molecule has 5 nitrogen and oxygen atoms in total. The van der Waals surface area contributed by atoms with Gasteiger partial charge in [0.05, 0.1) is 24.2 Å². The van der Waals surface area contributed by atoms with E-state index in [0.29, 0.717) is 0 Å². The number of carbonyl (C=O) groups is 2. The second-order valence-electron chi connectivity index (χ2n) is 6.43. The first kappa shape index (κ1) is 18.3. The van der Waals surface area contributed by atoms with Crippen LogP contribution in [-0.4, -0.2) is 41.1 Å². The zero-order chi connectivity index (χ0) is 18.1. The Labute approximate surface area is 139 Å². The topological polar surface area (TPSA) is 66.8 Å². The molecule has 0 saturated carbocycles. The van der Waals surface area contributed by atoms with E-state index in [-0.39, 0.29) is 25.1 Å². The quantitative estimate of drug-likeness (QED) is 0.853. The largest absolute Gasteiger partial charge is 0.465 e. The van der Waals surface area contributed by atoms with Gasteiger partial charge in [-0.1, -0.05) is 0 Å². The third-order valence-electron chi connectivity index (χ3n) is 4.34. The van der Waals surface area contributed by atoms with Gasteiger partial charge in [0.1, 0.15) is 18.2 Å². The van der Waals surface area contributed by atoms with E-state index in [9.17, 15) is 23.5 Å². The summed E-state index contributed by atoms with van der Waals surface area (Å²) in [5.41, 5.74) is -0.908. The highest BCUT2D eigenvalue weighted by molar-refractivity contribution is 5.87. The summed E-state index contributed by atoms with van der Waals surface area (Å²) in [6.07, 6.45) is -0.930. The number of benzene rings is 1. The average molecular weight is 341 g/mol. The van der Waals surface area contributed by atoms with Gasteiger partial charge in [-0.15, -0.1) is 0 Å². The molecule has 1 fully saturated rings. The maximum atomic E-state index is 13.5. The van der Waals surface area contributed by atoms with Crippen LogP contribution in [0, 0.1) is 17.0 Å². The van der Waals surface area contributed by atoms with E-state index in [1.807, 2.05) is 0 Å². The summed E-state index contributed by atoms with van der Waals surface area (Å²) < 4.78 is 32.0. The van der Waals surface area contributed by atoms with Gasteiger partial charge in [-0.3, -0.25) is 9.59 Å². The smallest absolute Gasteiger partial charge is 0.325 e. The molecule has 24 heavy (non-hydrogen) atoms. The number of ether oxygens (including phenoxy) is 1. The Balaban J connectivity index is 2.41. The van der Waals surface area contributed by atoms with Crippen LogP contribution in [0.4, 0.5) is 8.78 Å². The first-order valence-corrected chi connectivity index (χ1v) is 7.77. The number of piperidine rings is 1. The van der Waals surface area contributed by atoms with E-state index in [2.05, 4.69) is 0 Å². The fourth-order valence-electron chi connectivity index (χ4n) is 2.90. The summed E-state index contributed by atoms with van der Waals surface area (Å²) in [5, 5.41) is 10.3. The molecule has 132 valence electrons. The number of rotatable bonds is 4. The van der Waals surface area contributed by atoms with Crippen molar-refractivity contribution in [1.29, 1.82) is 0 Å². The lowest BCUT2D eigenvalue weighted by Crippen LogP contribution is -2.55. The van der Waals surface area contributed by atoms with E-state index >= 15 is 0 Å². The number of aliphatic hydroxyl groups is 1. The molecule has 1 aliphatic heterocycles. The lowest BCUT2D eigenvalue weighted by atomic mass is 9.76. The van der Waals surface area contributed by atoms with E-state index in [4.69, 9.17) is 4.74 Å². The Hall–Kier alpha value is -2.02. The Morgan fingerprint density at radius 1 is 1.33 bits per heavy atom. The van der Waals surface area contributed by atoms with Crippen molar-refractivity contribution in [2.75, 3.05) is 13.2 Å². The normalized spacial score (nSPS) is 23.2. The molecule has 0 spiro atoms. The molecule has 1 aromatic rings. The fraction of sp³-hybridized carbons (Fsp3) is 0.529. The molecule has 2 atom stereocenters. The lowest BCUT2D eigenvalue weighted by molar-refractivity contribution is -0.165. The van der Waals surface area contributed by atoms with Gasteiger partial charge in [0, 0.05) is 6.07 Å². The van der Waals surface area contributed by atoms with Crippen molar-refractivity contribution in [2.45, 2.75) is 39.3 Å². The maximum absolute atomic E-state index is 13.5. The van der Waals surface area contributed by atoms with Crippen molar-refractivity contribution in [3.8, 4) is 0 Å². The van der Waals surface area contributed by atoms with E-state index in [1.54, 1.807) is 20.8 Å². The Bertz CT molecular complexity index is 627. The molecule has 1 heterocycles. The van der Waals surface area contributed by atoms with Gasteiger partial charge in [0.25, 0.3) is 0 Å². The summed E-state index contributed by atoms with van der Waals surface area (Å²) in [6.45, 7) is 4.60. The van der Waals surface area contributed by atoms with Gasteiger partial charge in [0.15, 0.2) is 0 Å². The van der Waals surface area contributed by atoms with Crippen molar-refractivity contribution in [3.05, 3.63) is 35.4 Å². The molecule has 0 aliphatic carbocycles. The molecule has 2 unspecified atom stereocenters. The van der Waals surface area contributed by atoms with Crippen LogP contribution < -0.4 is 0 Å². The summed E-state index contributed by atoms with van der Waals surface area (Å²) in [7, 11) is 0. The van der Waals surface area contributed by atoms with Crippen LogP contribution in [0.25, 0.3) is 0 Å². The van der Waals surface area contributed by atoms with Crippen LogP contribution in [0.15, 0.2) is 18.2 Å². The molecule has 1 N–H and O–H groups in total. The number of carbonyl (C=O) groups excluding carboxylic acids is 2. The van der Waals surface area contributed by atoms with Crippen molar-refractivity contribution in [1.82, 2.24) is 4.90 Å². The van der Waals surface area contributed by atoms with Crippen LogP contribution in [0.2, 0.25) is 0 Å². The molecular weight excluding hydrogens is 320 g/mol. The summed E-state index contributed by atoms with van der Waals surface area (Å²) in [6, 6.07) is 2.12. The molecule has 1 aromatic carbocycles.